The van der Waals surface area contributed by atoms with Crippen molar-refractivity contribution in [3.8, 4) is 0 Å². The van der Waals surface area contributed by atoms with Crippen molar-refractivity contribution in [2.24, 2.45) is 0 Å². The Morgan fingerprint density at radius 3 is 0.687 bits per heavy atom. The van der Waals surface area contributed by atoms with Crippen molar-refractivity contribution >= 4 is 17.9 Å². The molecule has 1 atom stereocenters. The first-order valence-corrected chi connectivity index (χ1v) is 37.1. The fraction of sp³-hybridized carbons (Fsp3) is 0.857. The smallest absolute Gasteiger partial charge is 0.306 e. The summed E-state index contributed by atoms with van der Waals surface area (Å²) in [4.78, 5) is 38.4. The van der Waals surface area contributed by atoms with Gasteiger partial charge in [0.2, 0.25) is 0 Å². The summed E-state index contributed by atoms with van der Waals surface area (Å²) >= 11 is 0. The molecule has 0 spiro atoms. The van der Waals surface area contributed by atoms with E-state index in [1.54, 1.807) is 0 Å². The summed E-state index contributed by atoms with van der Waals surface area (Å²) in [5.74, 6) is -0.885. The van der Waals surface area contributed by atoms with E-state index in [-0.39, 0.29) is 31.1 Å². The number of carbonyl (C=O) groups excluding carboxylic acids is 3. The quantitative estimate of drug-likeness (QED) is 0.0261. The predicted molar refractivity (Wildman–Crippen MR) is 362 cm³/mol. The van der Waals surface area contributed by atoms with Gasteiger partial charge in [0.25, 0.3) is 0 Å². The van der Waals surface area contributed by atoms with Gasteiger partial charge in [-0.1, -0.05) is 352 Å². The maximum Gasteiger partial charge on any atom is 0.306 e. The summed E-state index contributed by atoms with van der Waals surface area (Å²) in [6.07, 6.45) is 91.8. The molecule has 0 radical (unpaired) electrons. The highest BCUT2D eigenvalue weighted by Gasteiger charge is 2.19. The predicted octanol–water partition coefficient (Wildman–Crippen LogP) is 25.7. The highest BCUT2D eigenvalue weighted by Crippen LogP contribution is 2.19. The van der Waals surface area contributed by atoms with Crippen LogP contribution < -0.4 is 0 Å². The fourth-order valence-electron chi connectivity index (χ4n) is 11.2. The van der Waals surface area contributed by atoms with Gasteiger partial charge in [-0.3, -0.25) is 14.4 Å². The van der Waals surface area contributed by atoms with E-state index in [0.29, 0.717) is 19.3 Å². The van der Waals surface area contributed by atoms with E-state index in [9.17, 15) is 14.4 Å². The van der Waals surface area contributed by atoms with Crippen molar-refractivity contribution in [2.45, 2.75) is 412 Å². The Balaban J connectivity index is 4.08. The van der Waals surface area contributed by atoms with Crippen LogP contribution in [0.25, 0.3) is 0 Å². The molecule has 0 fully saturated rings. The summed E-state index contributed by atoms with van der Waals surface area (Å²) in [6, 6.07) is 0. The molecule has 6 heteroatoms. The molecule has 0 aromatic carbocycles. The van der Waals surface area contributed by atoms with E-state index in [0.717, 1.165) is 103 Å². The average Bonchev–Trinajstić information content (AvgIpc) is 3.49. The van der Waals surface area contributed by atoms with Crippen LogP contribution in [0.5, 0.6) is 0 Å². The van der Waals surface area contributed by atoms with Crippen LogP contribution in [0.1, 0.15) is 406 Å². The topological polar surface area (TPSA) is 78.9 Å². The number of allylic oxidation sites excluding steroid dienone is 8. The summed E-state index contributed by atoms with van der Waals surface area (Å²) in [6.45, 7) is 6.63. The molecule has 0 saturated carbocycles. The number of esters is 3. The Labute approximate surface area is 518 Å². The highest BCUT2D eigenvalue weighted by molar-refractivity contribution is 5.71. The molecule has 0 aliphatic rings. The van der Waals surface area contributed by atoms with Gasteiger partial charge < -0.3 is 14.2 Å². The molecule has 0 N–H and O–H groups in total. The van der Waals surface area contributed by atoms with Crippen molar-refractivity contribution in [3.63, 3.8) is 0 Å². The van der Waals surface area contributed by atoms with E-state index in [4.69, 9.17) is 14.2 Å². The number of carbonyl (C=O) groups is 3. The lowest BCUT2D eigenvalue weighted by Crippen LogP contribution is -2.30. The Bertz CT molecular complexity index is 1430. The molecule has 0 aliphatic heterocycles. The van der Waals surface area contributed by atoms with Gasteiger partial charge in [-0.15, -0.1) is 0 Å². The third-order valence-electron chi connectivity index (χ3n) is 16.8. The molecule has 83 heavy (non-hydrogen) atoms. The minimum absolute atomic E-state index is 0.0800. The Hall–Kier alpha value is -2.63. The second-order valence-corrected chi connectivity index (χ2v) is 25.2. The largest absolute Gasteiger partial charge is 0.462 e. The number of hydrogen-bond acceptors (Lipinski definition) is 6. The first kappa shape index (κ1) is 80.4. The highest BCUT2D eigenvalue weighted by atomic mass is 16.6. The van der Waals surface area contributed by atoms with Crippen LogP contribution >= 0.6 is 0 Å². The second kappa shape index (κ2) is 71.8. The summed E-state index contributed by atoms with van der Waals surface area (Å²) in [5, 5.41) is 0. The summed E-state index contributed by atoms with van der Waals surface area (Å²) in [5.41, 5.74) is 0. The molecular formula is C77H142O6. The number of rotatable bonds is 69. The lowest BCUT2D eigenvalue weighted by atomic mass is 10.0. The normalized spacial score (nSPS) is 12.3. The van der Waals surface area contributed by atoms with Gasteiger partial charge in [-0.2, -0.15) is 0 Å². The minimum Gasteiger partial charge on any atom is -0.462 e. The zero-order chi connectivity index (χ0) is 59.9. The molecule has 0 heterocycles. The van der Waals surface area contributed by atoms with Crippen molar-refractivity contribution in [2.75, 3.05) is 13.2 Å². The fourth-order valence-corrected chi connectivity index (χ4v) is 11.2. The van der Waals surface area contributed by atoms with E-state index in [2.05, 4.69) is 69.4 Å². The maximum atomic E-state index is 12.9. The number of hydrogen-bond donors (Lipinski definition) is 0. The van der Waals surface area contributed by atoms with Crippen molar-refractivity contribution in [1.82, 2.24) is 0 Å². The van der Waals surface area contributed by atoms with Gasteiger partial charge in [0.05, 0.1) is 0 Å². The molecule has 0 aromatic heterocycles. The van der Waals surface area contributed by atoms with Crippen LogP contribution in [0.4, 0.5) is 0 Å². The second-order valence-electron chi connectivity index (χ2n) is 25.2. The standard InChI is InChI=1S/C77H142O6/c1-4-7-10-13-16-19-22-25-28-29-30-31-32-33-34-35-36-37-38-39-40-41-42-43-44-45-46-47-50-52-55-58-61-64-67-70-76(79)82-73-74(83-77(80)71-68-65-62-59-56-53-49-27-24-21-18-15-12-9-6-3)72-81-75(78)69-66-63-60-57-54-51-48-26-23-20-17-14-11-8-5-2/h17-18,20-21,26-27,48-49,74H,4-16,19,22-25,28-47,50-73H2,1-3H3/b20-17-,21-18-,48-26-,49-27-. The van der Waals surface area contributed by atoms with E-state index < -0.39 is 6.10 Å². The molecular weight excluding hydrogens is 1020 g/mol. The molecule has 0 amide bonds. The van der Waals surface area contributed by atoms with E-state index >= 15 is 0 Å². The first-order chi connectivity index (χ1) is 41.0. The lowest BCUT2D eigenvalue weighted by molar-refractivity contribution is -0.167. The Kier molecular flexibility index (Phi) is 69.6. The third-order valence-corrected chi connectivity index (χ3v) is 16.8. The van der Waals surface area contributed by atoms with Crippen LogP contribution in [0, 0.1) is 0 Å². The van der Waals surface area contributed by atoms with Gasteiger partial charge in [-0.25, -0.2) is 0 Å². The molecule has 0 bridgehead atoms. The summed E-state index contributed by atoms with van der Waals surface area (Å²) in [7, 11) is 0. The first-order valence-electron chi connectivity index (χ1n) is 37.1. The van der Waals surface area contributed by atoms with Crippen LogP contribution in [-0.2, 0) is 28.6 Å². The lowest BCUT2D eigenvalue weighted by Gasteiger charge is -2.18. The molecule has 0 saturated heterocycles. The molecule has 0 aliphatic carbocycles. The Morgan fingerprint density at radius 2 is 0.434 bits per heavy atom. The van der Waals surface area contributed by atoms with Gasteiger partial charge in [-0.05, 0) is 83.5 Å². The third kappa shape index (κ3) is 70.0. The molecule has 0 rings (SSSR count). The van der Waals surface area contributed by atoms with Gasteiger partial charge >= 0.3 is 17.9 Å². The van der Waals surface area contributed by atoms with Crippen LogP contribution in [0.15, 0.2) is 48.6 Å². The van der Waals surface area contributed by atoms with E-state index in [1.807, 2.05) is 0 Å². The van der Waals surface area contributed by atoms with Crippen molar-refractivity contribution in [1.29, 1.82) is 0 Å². The molecule has 1 unspecified atom stereocenters. The van der Waals surface area contributed by atoms with Crippen molar-refractivity contribution in [3.05, 3.63) is 48.6 Å². The average molecular weight is 1160 g/mol. The Morgan fingerprint density at radius 1 is 0.241 bits per heavy atom. The van der Waals surface area contributed by atoms with Gasteiger partial charge in [0, 0.05) is 19.3 Å². The van der Waals surface area contributed by atoms with E-state index in [1.165, 1.54) is 263 Å². The monoisotopic (exact) mass is 1160 g/mol. The summed E-state index contributed by atoms with van der Waals surface area (Å²) < 4.78 is 17.0. The van der Waals surface area contributed by atoms with Gasteiger partial charge in [0.15, 0.2) is 6.10 Å². The molecule has 6 nitrogen and oxygen atoms in total. The molecule has 486 valence electrons. The van der Waals surface area contributed by atoms with Crippen LogP contribution in [0.2, 0.25) is 0 Å². The minimum atomic E-state index is -0.786. The maximum absolute atomic E-state index is 12.9. The molecule has 0 aromatic rings. The van der Waals surface area contributed by atoms with Gasteiger partial charge in [0.1, 0.15) is 13.2 Å². The SMILES string of the molecule is CCCCC/C=C\C/C=C\CCCCCCCC(=O)OCC(COC(=O)CCCCCCCCCCCCCCCCCCCCCCCCCCCCCCCCCCCCC)OC(=O)CCCCCCC/C=C\C/C=C\CCCCC. The number of unbranched alkanes of at least 4 members (excludes halogenated alkanes) is 50. The zero-order valence-electron chi connectivity index (χ0n) is 56.0. The van der Waals surface area contributed by atoms with Crippen molar-refractivity contribution < 1.29 is 28.6 Å². The van der Waals surface area contributed by atoms with Crippen LogP contribution in [0.3, 0.4) is 0 Å². The number of ether oxygens (including phenoxy) is 3. The van der Waals surface area contributed by atoms with Crippen LogP contribution in [-0.4, -0.2) is 37.2 Å². The zero-order valence-corrected chi connectivity index (χ0v) is 56.0.